The molecule has 0 atom stereocenters. The zero-order chi connectivity index (χ0) is 8.72. The SMILES string of the molecule is Cc1cnc2c(n1)c(N)cn2C. The fourth-order valence-corrected chi connectivity index (χ4v) is 1.25. The number of anilines is 1. The van der Waals surface area contributed by atoms with Crippen LogP contribution in [-0.2, 0) is 7.05 Å². The maximum Gasteiger partial charge on any atom is 0.160 e. The van der Waals surface area contributed by atoms with E-state index in [9.17, 15) is 0 Å². The molecule has 0 radical (unpaired) electrons. The number of hydrogen-bond acceptors (Lipinski definition) is 3. The largest absolute Gasteiger partial charge is 0.396 e. The lowest BCUT2D eigenvalue weighted by atomic mass is 10.4. The highest BCUT2D eigenvalue weighted by Crippen LogP contribution is 2.17. The van der Waals surface area contributed by atoms with E-state index >= 15 is 0 Å². The number of fused-ring (bicyclic) bond motifs is 1. The van der Waals surface area contributed by atoms with E-state index in [2.05, 4.69) is 9.97 Å². The third kappa shape index (κ3) is 0.845. The minimum Gasteiger partial charge on any atom is -0.396 e. The van der Waals surface area contributed by atoms with Crippen molar-refractivity contribution in [3.05, 3.63) is 18.1 Å². The van der Waals surface area contributed by atoms with Gasteiger partial charge in [0.15, 0.2) is 5.65 Å². The van der Waals surface area contributed by atoms with Crippen LogP contribution in [0.3, 0.4) is 0 Å². The Bertz CT molecular complexity index is 430. The van der Waals surface area contributed by atoms with Crippen molar-refractivity contribution < 1.29 is 0 Å². The molecule has 4 nitrogen and oxygen atoms in total. The van der Waals surface area contributed by atoms with Gasteiger partial charge >= 0.3 is 0 Å². The van der Waals surface area contributed by atoms with Crippen LogP contribution >= 0.6 is 0 Å². The lowest BCUT2D eigenvalue weighted by Crippen LogP contribution is -1.90. The molecule has 0 unspecified atom stereocenters. The third-order valence-corrected chi connectivity index (χ3v) is 1.81. The summed E-state index contributed by atoms with van der Waals surface area (Å²) in [5.74, 6) is 0. The maximum absolute atomic E-state index is 5.72. The Hall–Kier alpha value is -1.58. The van der Waals surface area contributed by atoms with E-state index in [1.807, 2.05) is 24.7 Å². The van der Waals surface area contributed by atoms with Crippen LogP contribution in [0.2, 0.25) is 0 Å². The van der Waals surface area contributed by atoms with Gasteiger partial charge < -0.3 is 10.3 Å². The van der Waals surface area contributed by atoms with Crippen molar-refractivity contribution in [1.82, 2.24) is 14.5 Å². The lowest BCUT2D eigenvalue weighted by molar-refractivity contribution is 0.944. The molecule has 0 aliphatic rings. The second kappa shape index (κ2) is 2.20. The summed E-state index contributed by atoms with van der Waals surface area (Å²) >= 11 is 0. The summed E-state index contributed by atoms with van der Waals surface area (Å²) in [5, 5.41) is 0. The first-order valence-electron chi connectivity index (χ1n) is 3.72. The van der Waals surface area contributed by atoms with E-state index in [-0.39, 0.29) is 0 Å². The molecule has 0 amide bonds. The van der Waals surface area contributed by atoms with E-state index in [0.717, 1.165) is 16.9 Å². The standard InChI is InChI=1S/C8H10N4/c1-5-3-10-8-7(11-5)6(9)4-12(8)2/h3-4H,9H2,1-2H3. The molecule has 0 fully saturated rings. The molecule has 0 bridgehead atoms. The average molecular weight is 162 g/mol. The van der Waals surface area contributed by atoms with Crippen molar-refractivity contribution in [3.63, 3.8) is 0 Å². The molecular weight excluding hydrogens is 152 g/mol. The normalized spacial score (nSPS) is 10.8. The van der Waals surface area contributed by atoms with E-state index in [1.165, 1.54) is 0 Å². The molecule has 2 aromatic heterocycles. The first-order valence-corrected chi connectivity index (χ1v) is 3.72. The zero-order valence-electron chi connectivity index (χ0n) is 7.07. The number of nitrogens with two attached hydrogens (primary N) is 1. The Morgan fingerprint density at radius 3 is 3.00 bits per heavy atom. The second-order valence-electron chi connectivity index (χ2n) is 2.88. The molecule has 0 aliphatic carbocycles. The van der Waals surface area contributed by atoms with Gasteiger partial charge in [0.1, 0.15) is 5.52 Å². The van der Waals surface area contributed by atoms with Crippen LogP contribution in [0.4, 0.5) is 5.69 Å². The van der Waals surface area contributed by atoms with Gasteiger partial charge in [0, 0.05) is 13.2 Å². The highest BCUT2D eigenvalue weighted by Gasteiger charge is 2.05. The Morgan fingerprint density at radius 1 is 1.50 bits per heavy atom. The highest BCUT2D eigenvalue weighted by molar-refractivity contribution is 5.85. The highest BCUT2D eigenvalue weighted by atomic mass is 15.0. The van der Waals surface area contributed by atoms with Gasteiger partial charge in [-0.05, 0) is 6.92 Å². The number of aromatic nitrogens is 3. The van der Waals surface area contributed by atoms with E-state index in [0.29, 0.717) is 5.69 Å². The summed E-state index contributed by atoms with van der Waals surface area (Å²) < 4.78 is 1.87. The molecule has 0 saturated carbocycles. The van der Waals surface area contributed by atoms with Gasteiger partial charge in [-0.2, -0.15) is 0 Å². The van der Waals surface area contributed by atoms with E-state index < -0.39 is 0 Å². The summed E-state index contributed by atoms with van der Waals surface area (Å²) in [7, 11) is 1.91. The van der Waals surface area contributed by atoms with Crippen molar-refractivity contribution in [1.29, 1.82) is 0 Å². The molecule has 2 heterocycles. The molecule has 0 spiro atoms. The fraction of sp³-hybridized carbons (Fsp3) is 0.250. The van der Waals surface area contributed by atoms with Gasteiger partial charge in [0.2, 0.25) is 0 Å². The van der Waals surface area contributed by atoms with Crippen LogP contribution in [-0.4, -0.2) is 14.5 Å². The van der Waals surface area contributed by atoms with E-state index in [4.69, 9.17) is 5.73 Å². The number of aryl methyl sites for hydroxylation is 2. The molecule has 0 aromatic carbocycles. The second-order valence-corrected chi connectivity index (χ2v) is 2.88. The molecule has 2 N–H and O–H groups in total. The Kier molecular flexibility index (Phi) is 1.30. The lowest BCUT2D eigenvalue weighted by Gasteiger charge is -1.94. The van der Waals surface area contributed by atoms with Crippen molar-refractivity contribution in [2.24, 2.45) is 7.05 Å². The predicted molar refractivity (Wildman–Crippen MR) is 47.7 cm³/mol. The number of rotatable bonds is 0. The minimum atomic E-state index is 0.684. The first-order chi connectivity index (χ1) is 5.68. The van der Waals surface area contributed by atoms with Crippen molar-refractivity contribution in [2.75, 3.05) is 5.73 Å². The van der Waals surface area contributed by atoms with Gasteiger partial charge in [0.25, 0.3) is 0 Å². The van der Waals surface area contributed by atoms with Crippen LogP contribution in [0.25, 0.3) is 11.2 Å². The summed E-state index contributed by atoms with van der Waals surface area (Å²) in [5.41, 5.74) is 8.92. The molecule has 0 aliphatic heterocycles. The van der Waals surface area contributed by atoms with Gasteiger partial charge in [0.05, 0.1) is 17.6 Å². The van der Waals surface area contributed by atoms with Crippen molar-refractivity contribution in [2.45, 2.75) is 6.92 Å². The summed E-state index contributed by atoms with van der Waals surface area (Å²) in [6.07, 6.45) is 3.56. The van der Waals surface area contributed by atoms with Gasteiger partial charge in [-0.1, -0.05) is 0 Å². The molecule has 2 aromatic rings. The average Bonchev–Trinajstić information content (AvgIpc) is 2.28. The number of nitrogens with zero attached hydrogens (tertiary/aromatic N) is 3. The van der Waals surface area contributed by atoms with Crippen LogP contribution in [0, 0.1) is 6.92 Å². The van der Waals surface area contributed by atoms with Gasteiger partial charge in [-0.25, -0.2) is 9.97 Å². The Balaban J connectivity index is 2.90. The van der Waals surface area contributed by atoms with Crippen LogP contribution in [0.15, 0.2) is 12.4 Å². The molecule has 12 heavy (non-hydrogen) atoms. The van der Waals surface area contributed by atoms with Crippen molar-refractivity contribution in [3.8, 4) is 0 Å². The quantitative estimate of drug-likeness (QED) is 0.625. The smallest absolute Gasteiger partial charge is 0.160 e. The molecule has 4 heteroatoms. The monoisotopic (exact) mass is 162 g/mol. The maximum atomic E-state index is 5.72. The minimum absolute atomic E-state index is 0.684. The van der Waals surface area contributed by atoms with Crippen molar-refractivity contribution >= 4 is 16.9 Å². The molecule has 2 rings (SSSR count). The molecular formula is C8H10N4. The molecule has 0 saturated heterocycles. The summed E-state index contributed by atoms with van der Waals surface area (Å²) in [6.45, 7) is 1.90. The third-order valence-electron chi connectivity index (χ3n) is 1.81. The van der Waals surface area contributed by atoms with Gasteiger partial charge in [-0.3, -0.25) is 0 Å². The van der Waals surface area contributed by atoms with E-state index in [1.54, 1.807) is 6.20 Å². The summed E-state index contributed by atoms with van der Waals surface area (Å²) in [4.78, 5) is 8.51. The number of hydrogen-bond donors (Lipinski definition) is 1. The topological polar surface area (TPSA) is 56.7 Å². The van der Waals surface area contributed by atoms with Crippen LogP contribution in [0.5, 0.6) is 0 Å². The van der Waals surface area contributed by atoms with Gasteiger partial charge in [-0.15, -0.1) is 0 Å². The number of nitrogen functional groups attached to an aromatic ring is 1. The Labute approximate surface area is 70.0 Å². The predicted octanol–water partition coefficient (Wildman–Crippen LogP) is 0.859. The zero-order valence-corrected chi connectivity index (χ0v) is 7.07. The van der Waals surface area contributed by atoms with Crippen LogP contribution in [0.1, 0.15) is 5.69 Å². The first kappa shape index (κ1) is 7.09. The Morgan fingerprint density at radius 2 is 2.25 bits per heavy atom. The summed E-state index contributed by atoms with van der Waals surface area (Å²) in [6, 6.07) is 0. The molecule has 62 valence electrons. The van der Waals surface area contributed by atoms with Crippen LogP contribution < -0.4 is 5.73 Å². The fourth-order valence-electron chi connectivity index (χ4n) is 1.25.